The van der Waals surface area contributed by atoms with Gasteiger partial charge in [0.2, 0.25) is 0 Å². The molecule has 1 atom stereocenters. The first kappa shape index (κ1) is 16.1. The average Bonchev–Trinajstić information content (AvgIpc) is 3.05. The van der Waals surface area contributed by atoms with E-state index in [1.807, 2.05) is 48.2 Å². The summed E-state index contributed by atoms with van der Waals surface area (Å²) >= 11 is 6.36. The van der Waals surface area contributed by atoms with Crippen molar-refractivity contribution >= 4 is 28.6 Å². The van der Waals surface area contributed by atoms with Crippen LogP contribution in [0.15, 0.2) is 46.9 Å². The van der Waals surface area contributed by atoms with Gasteiger partial charge in [-0.1, -0.05) is 29.8 Å². The number of carbonyl (C=O) groups is 1. The molecule has 1 amide bonds. The molecule has 4 rings (SSSR count). The molecular formula is C19H18ClN3O2. The number of furan rings is 1. The van der Waals surface area contributed by atoms with Crippen LogP contribution < -0.4 is 5.32 Å². The van der Waals surface area contributed by atoms with E-state index in [-0.39, 0.29) is 11.9 Å². The molecule has 0 saturated carbocycles. The molecule has 1 aliphatic heterocycles. The fourth-order valence-corrected chi connectivity index (χ4v) is 3.51. The number of aryl methyl sites for hydroxylation is 1. The first-order valence-corrected chi connectivity index (χ1v) is 8.64. The fraction of sp³-hybridized carbons (Fsp3) is 0.263. The third-order valence-electron chi connectivity index (χ3n) is 4.49. The number of hydrogen-bond donors (Lipinski definition) is 1. The number of fused-ring (bicyclic) bond motifs is 1. The number of nitrogens with zero attached hydrogens (tertiary/aromatic N) is 2. The van der Waals surface area contributed by atoms with Crippen LogP contribution in [0.4, 0.5) is 0 Å². The minimum Gasteiger partial charge on any atom is -0.449 e. The molecule has 128 valence electrons. The van der Waals surface area contributed by atoms with Crippen molar-refractivity contribution in [3.63, 3.8) is 0 Å². The zero-order valence-electron chi connectivity index (χ0n) is 13.8. The Morgan fingerprint density at radius 3 is 3.00 bits per heavy atom. The van der Waals surface area contributed by atoms with Crippen LogP contribution in [0.25, 0.3) is 11.1 Å². The van der Waals surface area contributed by atoms with Gasteiger partial charge in [-0.2, -0.15) is 0 Å². The van der Waals surface area contributed by atoms with Crippen molar-refractivity contribution in [1.82, 2.24) is 15.2 Å². The molecule has 2 aromatic heterocycles. The maximum absolute atomic E-state index is 13.1. The molecule has 0 aliphatic carbocycles. The predicted octanol–water partition coefficient (Wildman–Crippen LogP) is 3.58. The SMILES string of the molecule is Cc1ccc2oc(C(=O)N3CCNCC3c3ccccc3Cl)cc2n1. The van der Waals surface area contributed by atoms with Crippen molar-refractivity contribution in [2.24, 2.45) is 0 Å². The number of pyridine rings is 1. The smallest absolute Gasteiger partial charge is 0.290 e. The minimum atomic E-state index is -0.137. The quantitative estimate of drug-likeness (QED) is 0.763. The van der Waals surface area contributed by atoms with Gasteiger partial charge >= 0.3 is 0 Å². The van der Waals surface area contributed by atoms with Gasteiger partial charge in [-0.25, -0.2) is 4.98 Å². The van der Waals surface area contributed by atoms with Gasteiger partial charge in [0.25, 0.3) is 5.91 Å². The van der Waals surface area contributed by atoms with E-state index in [2.05, 4.69) is 10.3 Å². The van der Waals surface area contributed by atoms with Crippen molar-refractivity contribution in [3.8, 4) is 0 Å². The molecule has 1 aromatic carbocycles. The van der Waals surface area contributed by atoms with Crippen LogP contribution >= 0.6 is 11.6 Å². The number of aromatic nitrogens is 1. The number of carbonyl (C=O) groups excluding carboxylic acids is 1. The van der Waals surface area contributed by atoms with E-state index in [4.69, 9.17) is 16.0 Å². The second-order valence-corrected chi connectivity index (χ2v) is 6.59. The summed E-state index contributed by atoms with van der Waals surface area (Å²) in [6.07, 6.45) is 0. The highest BCUT2D eigenvalue weighted by Gasteiger charge is 2.31. The van der Waals surface area contributed by atoms with Crippen LogP contribution in [-0.4, -0.2) is 35.4 Å². The number of piperazine rings is 1. The van der Waals surface area contributed by atoms with Crippen molar-refractivity contribution in [2.75, 3.05) is 19.6 Å². The molecular weight excluding hydrogens is 338 g/mol. The summed E-state index contributed by atoms with van der Waals surface area (Å²) in [6.45, 7) is 3.91. The molecule has 1 saturated heterocycles. The van der Waals surface area contributed by atoms with Crippen LogP contribution in [-0.2, 0) is 0 Å². The second kappa shape index (κ2) is 6.50. The fourth-order valence-electron chi connectivity index (χ4n) is 3.24. The van der Waals surface area contributed by atoms with Crippen LogP contribution in [0, 0.1) is 6.92 Å². The Morgan fingerprint density at radius 2 is 2.16 bits per heavy atom. The summed E-state index contributed by atoms with van der Waals surface area (Å²) in [5, 5.41) is 4.00. The Labute approximate surface area is 150 Å². The summed E-state index contributed by atoms with van der Waals surface area (Å²) in [7, 11) is 0. The molecule has 3 heterocycles. The Bertz CT molecular complexity index is 937. The highest BCUT2D eigenvalue weighted by atomic mass is 35.5. The van der Waals surface area contributed by atoms with Gasteiger partial charge in [0.1, 0.15) is 5.52 Å². The monoisotopic (exact) mass is 355 g/mol. The summed E-state index contributed by atoms with van der Waals surface area (Å²) < 4.78 is 5.75. The highest BCUT2D eigenvalue weighted by Crippen LogP contribution is 2.30. The Hall–Kier alpha value is -2.37. The molecule has 1 aliphatic rings. The molecule has 0 bridgehead atoms. The van der Waals surface area contributed by atoms with Crippen molar-refractivity contribution < 1.29 is 9.21 Å². The first-order valence-electron chi connectivity index (χ1n) is 8.27. The van der Waals surface area contributed by atoms with Gasteiger partial charge in [-0.3, -0.25) is 4.79 Å². The largest absolute Gasteiger partial charge is 0.449 e. The lowest BCUT2D eigenvalue weighted by Gasteiger charge is -2.36. The van der Waals surface area contributed by atoms with Gasteiger partial charge in [-0.05, 0) is 30.7 Å². The standard InChI is InChI=1S/C19H18ClN3O2/c1-12-6-7-17-15(22-12)10-18(25-17)19(24)23-9-8-21-11-16(23)13-4-2-3-5-14(13)20/h2-7,10,16,21H,8-9,11H2,1H3. The van der Waals surface area contributed by atoms with Gasteiger partial charge in [0.05, 0.1) is 6.04 Å². The molecule has 1 fully saturated rings. The molecule has 6 heteroatoms. The van der Waals surface area contributed by atoms with Crippen molar-refractivity contribution in [2.45, 2.75) is 13.0 Å². The zero-order valence-corrected chi connectivity index (χ0v) is 14.6. The lowest BCUT2D eigenvalue weighted by molar-refractivity contribution is 0.0604. The van der Waals surface area contributed by atoms with Crippen molar-refractivity contribution in [3.05, 3.63) is 64.5 Å². The number of amides is 1. The van der Waals surface area contributed by atoms with Crippen LogP contribution in [0.1, 0.15) is 27.9 Å². The second-order valence-electron chi connectivity index (χ2n) is 6.19. The third kappa shape index (κ3) is 3.01. The minimum absolute atomic E-state index is 0.127. The van der Waals surface area contributed by atoms with Gasteiger partial charge in [0.15, 0.2) is 11.3 Å². The maximum Gasteiger partial charge on any atom is 0.290 e. The average molecular weight is 356 g/mol. The lowest BCUT2D eigenvalue weighted by atomic mass is 10.0. The summed E-state index contributed by atoms with van der Waals surface area (Å²) in [6, 6.07) is 12.9. The van der Waals surface area contributed by atoms with Crippen LogP contribution in [0.5, 0.6) is 0 Å². The molecule has 0 radical (unpaired) electrons. The Morgan fingerprint density at radius 1 is 1.32 bits per heavy atom. The van der Waals surface area contributed by atoms with E-state index in [0.717, 1.165) is 17.8 Å². The van der Waals surface area contributed by atoms with E-state index in [1.54, 1.807) is 6.07 Å². The van der Waals surface area contributed by atoms with E-state index >= 15 is 0 Å². The normalized spacial score (nSPS) is 17.8. The van der Waals surface area contributed by atoms with E-state index in [0.29, 0.717) is 35.0 Å². The molecule has 3 aromatic rings. The molecule has 25 heavy (non-hydrogen) atoms. The van der Waals surface area contributed by atoms with E-state index < -0.39 is 0 Å². The molecule has 0 spiro atoms. The third-order valence-corrected chi connectivity index (χ3v) is 4.84. The maximum atomic E-state index is 13.1. The van der Waals surface area contributed by atoms with Gasteiger partial charge in [0, 0.05) is 36.4 Å². The van der Waals surface area contributed by atoms with Crippen LogP contribution in [0.3, 0.4) is 0 Å². The number of halogens is 1. The lowest BCUT2D eigenvalue weighted by Crippen LogP contribution is -2.48. The summed E-state index contributed by atoms with van der Waals surface area (Å²) in [5.41, 5.74) is 3.16. The zero-order chi connectivity index (χ0) is 17.4. The number of rotatable bonds is 2. The van der Waals surface area contributed by atoms with E-state index in [1.165, 1.54) is 0 Å². The van der Waals surface area contributed by atoms with Crippen molar-refractivity contribution in [1.29, 1.82) is 0 Å². The summed E-state index contributed by atoms with van der Waals surface area (Å²) in [5.74, 6) is 0.175. The summed E-state index contributed by atoms with van der Waals surface area (Å²) in [4.78, 5) is 19.3. The number of benzene rings is 1. The highest BCUT2D eigenvalue weighted by molar-refractivity contribution is 6.31. The van der Waals surface area contributed by atoms with Crippen LogP contribution in [0.2, 0.25) is 5.02 Å². The van der Waals surface area contributed by atoms with Gasteiger partial charge in [-0.15, -0.1) is 0 Å². The number of nitrogens with one attached hydrogen (secondary N) is 1. The van der Waals surface area contributed by atoms with E-state index in [9.17, 15) is 4.79 Å². The molecule has 1 N–H and O–H groups in total. The molecule has 5 nitrogen and oxygen atoms in total. The topological polar surface area (TPSA) is 58.4 Å². The Kier molecular flexibility index (Phi) is 4.19. The Balaban J connectivity index is 1.69. The first-order chi connectivity index (χ1) is 12.1. The molecule has 1 unspecified atom stereocenters. The predicted molar refractivity (Wildman–Crippen MR) is 96.8 cm³/mol. The van der Waals surface area contributed by atoms with Gasteiger partial charge < -0.3 is 14.6 Å². The number of hydrogen-bond acceptors (Lipinski definition) is 4.